The molecular formula is H2O5PSb. The molecule has 0 amide bonds. The van der Waals surface area contributed by atoms with Crippen LogP contribution in [0, 0.1) is 0 Å². The van der Waals surface area contributed by atoms with Crippen LogP contribution in [0.3, 0.4) is 0 Å². The fourth-order valence-electron chi connectivity index (χ4n) is 0. The normalized spacial score (nSPS) is 8.57. The summed E-state index contributed by atoms with van der Waals surface area (Å²) in [4.78, 5) is 34.2. The van der Waals surface area contributed by atoms with Crippen LogP contribution in [0.15, 0.2) is 0 Å². The van der Waals surface area contributed by atoms with Gasteiger partial charge in [-0.1, -0.05) is 0 Å². The van der Waals surface area contributed by atoms with Gasteiger partial charge in [-0.15, -0.1) is 0 Å². The maximum Gasteiger partial charge on any atom is 3.00 e. The van der Waals surface area contributed by atoms with Crippen LogP contribution in [0.1, 0.15) is 0 Å². The Morgan fingerprint density at radius 2 is 0.857 bits per heavy atom. The van der Waals surface area contributed by atoms with Gasteiger partial charge in [0.25, 0.3) is 0 Å². The zero-order valence-electron chi connectivity index (χ0n) is 3.03. The third kappa shape index (κ3) is 163. The summed E-state index contributed by atoms with van der Waals surface area (Å²) in [7, 11) is -5.39. The molecule has 0 atom stereocenters. The molecule has 0 aromatic carbocycles. The van der Waals surface area contributed by atoms with E-state index in [1.54, 1.807) is 0 Å². The van der Waals surface area contributed by atoms with Gasteiger partial charge in [-0.05, 0) is 0 Å². The van der Waals surface area contributed by atoms with Gasteiger partial charge < -0.3 is 25.0 Å². The smallest absolute Gasteiger partial charge is 0.692 e. The zero-order valence-corrected chi connectivity index (χ0v) is 6.47. The van der Waals surface area contributed by atoms with Gasteiger partial charge in [-0.25, -0.2) is 8.17 Å². The summed E-state index contributed by atoms with van der Waals surface area (Å²) in [5.74, 6) is 0. The van der Waals surface area contributed by atoms with E-state index in [1.165, 1.54) is 0 Å². The summed E-state index contributed by atoms with van der Waals surface area (Å²) < 4.78 is 0. The molecule has 2 radical (unpaired) electrons. The van der Waals surface area contributed by atoms with Crippen LogP contribution in [0.25, 0.3) is 0 Å². The molecule has 0 bridgehead atoms. The molecule has 0 fully saturated rings. The van der Waals surface area contributed by atoms with Crippen LogP contribution in [0.5, 0.6) is 0 Å². The predicted octanol–water partition coefficient (Wildman–Crippen LogP) is -5.10. The summed E-state index contributed by atoms with van der Waals surface area (Å²) in [6, 6.07) is 0. The third-order valence-corrected chi connectivity index (χ3v) is 0. The SMILES string of the molecule is O.[O-][P+]([O-])([O-])[O-].[Sb+3]. The van der Waals surface area contributed by atoms with Gasteiger partial charge in [0.15, 0.2) is 0 Å². The largest absolute Gasteiger partial charge is 3.00 e. The topological polar surface area (TPSA) is 124 Å². The van der Waals surface area contributed by atoms with E-state index in [2.05, 4.69) is 0 Å². The van der Waals surface area contributed by atoms with E-state index in [4.69, 9.17) is 19.6 Å². The Labute approximate surface area is 58.0 Å². The average molecular weight is 235 g/mol. The van der Waals surface area contributed by atoms with Gasteiger partial charge in [0.2, 0.25) is 0 Å². The van der Waals surface area contributed by atoms with E-state index in [-0.39, 0.29) is 29.9 Å². The van der Waals surface area contributed by atoms with Crippen molar-refractivity contribution >= 4 is 32.6 Å². The Morgan fingerprint density at radius 1 is 0.857 bits per heavy atom. The van der Waals surface area contributed by atoms with E-state index < -0.39 is 8.17 Å². The number of phosphoric acid groups is 1. The monoisotopic (exact) mass is 234 g/mol. The van der Waals surface area contributed by atoms with Crippen LogP contribution in [-0.4, -0.2) is 29.9 Å². The summed E-state index contributed by atoms with van der Waals surface area (Å²) in [5, 5.41) is 0. The van der Waals surface area contributed by atoms with E-state index in [0.717, 1.165) is 0 Å². The first-order valence-corrected chi connectivity index (χ1v) is 2.19. The van der Waals surface area contributed by atoms with Crippen molar-refractivity contribution in [3.8, 4) is 0 Å². The van der Waals surface area contributed by atoms with Gasteiger partial charge in [0, 0.05) is 0 Å². The molecule has 0 heterocycles. The minimum absolute atomic E-state index is 0. The number of hydrogen-bond acceptors (Lipinski definition) is 4. The molecule has 0 aromatic heterocycles. The molecule has 0 aliphatic carbocycles. The maximum absolute atomic E-state index is 8.55. The standard InChI is InChI=1S/H3O4P.H2O.Sb/c1-5(2,3)4;;/h(H3,1,2,3,4);1H2;/q;;+3/p-3. The molecule has 0 rings (SSSR count). The Morgan fingerprint density at radius 3 is 0.857 bits per heavy atom. The van der Waals surface area contributed by atoms with Crippen molar-refractivity contribution < 1.29 is 25.0 Å². The molecule has 0 saturated carbocycles. The Balaban J connectivity index is -0.0000000800. The van der Waals surface area contributed by atoms with Crippen LogP contribution in [0.4, 0.5) is 0 Å². The Kier molecular flexibility index (Phi) is 11.6. The zero-order chi connectivity index (χ0) is 4.50. The van der Waals surface area contributed by atoms with Gasteiger partial charge in [0.1, 0.15) is 0 Å². The molecule has 0 aliphatic rings. The first-order chi connectivity index (χ1) is 2.00. The first kappa shape index (κ1) is 15.7. The Hall–Kier alpha value is 1.05. The van der Waals surface area contributed by atoms with Crippen LogP contribution in [-0.2, 0) is 0 Å². The van der Waals surface area contributed by atoms with Crippen molar-refractivity contribution in [1.29, 1.82) is 0 Å². The third-order valence-electron chi connectivity index (χ3n) is 0. The average Bonchev–Trinajstić information content (AvgIpc) is 0.722. The van der Waals surface area contributed by atoms with Gasteiger partial charge in [-0.2, -0.15) is 0 Å². The van der Waals surface area contributed by atoms with Gasteiger partial charge in [0.05, 0.1) is 0 Å². The van der Waals surface area contributed by atoms with Crippen molar-refractivity contribution in [2.75, 3.05) is 0 Å². The molecule has 7 heavy (non-hydrogen) atoms. The second kappa shape index (κ2) is 5.19. The predicted molar refractivity (Wildman–Crippen MR) is 16.3 cm³/mol. The molecule has 0 spiro atoms. The second-order valence-electron chi connectivity index (χ2n) is 0.447. The molecular weight excluding hydrogens is 233 g/mol. The first-order valence-electron chi connectivity index (χ1n) is 0.730. The van der Waals surface area contributed by atoms with E-state index >= 15 is 0 Å². The van der Waals surface area contributed by atoms with E-state index in [0.29, 0.717) is 0 Å². The molecule has 7 heteroatoms. The second-order valence-corrected chi connectivity index (χ2v) is 1.34. The molecule has 0 unspecified atom stereocenters. The van der Waals surface area contributed by atoms with Crippen molar-refractivity contribution in [2.45, 2.75) is 0 Å². The van der Waals surface area contributed by atoms with E-state index in [1.807, 2.05) is 0 Å². The van der Waals surface area contributed by atoms with Crippen molar-refractivity contribution in [1.82, 2.24) is 0 Å². The quantitative estimate of drug-likeness (QED) is 0.307. The molecule has 42 valence electrons. The summed E-state index contributed by atoms with van der Waals surface area (Å²) >= 11 is 0. The molecule has 0 saturated heterocycles. The van der Waals surface area contributed by atoms with Crippen molar-refractivity contribution in [3.63, 3.8) is 0 Å². The van der Waals surface area contributed by atoms with Crippen LogP contribution >= 0.6 is 8.17 Å². The molecule has 5 nitrogen and oxygen atoms in total. The minimum Gasteiger partial charge on any atom is -0.692 e. The van der Waals surface area contributed by atoms with Gasteiger partial charge in [-0.3, -0.25) is 0 Å². The number of hydrogen-bond donors (Lipinski definition) is 0. The number of rotatable bonds is 0. The summed E-state index contributed by atoms with van der Waals surface area (Å²) in [6.07, 6.45) is 0. The molecule has 2 N–H and O–H groups in total. The van der Waals surface area contributed by atoms with Gasteiger partial charge >= 0.3 is 24.4 Å². The minimum atomic E-state index is -5.39. The molecule has 0 aliphatic heterocycles. The maximum atomic E-state index is 8.55. The van der Waals surface area contributed by atoms with Crippen LogP contribution < -0.4 is 19.6 Å². The molecule has 0 aromatic rings. The van der Waals surface area contributed by atoms with Crippen molar-refractivity contribution in [3.05, 3.63) is 0 Å². The van der Waals surface area contributed by atoms with E-state index in [9.17, 15) is 0 Å². The van der Waals surface area contributed by atoms with Crippen molar-refractivity contribution in [2.24, 2.45) is 0 Å². The summed E-state index contributed by atoms with van der Waals surface area (Å²) in [6.45, 7) is 0. The fourth-order valence-corrected chi connectivity index (χ4v) is 0. The summed E-state index contributed by atoms with van der Waals surface area (Å²) in [5.41, 5.74) is 0. The van der Waals surface area contributed by atoms with Crippen LogP contribution in [0.2, 0.25) is 0 Å². The Bertz CT molecular complexity index is 23.6. The fraction of sp³-hybridized carbons (Fsp3) is 0.